The fraction of sp³-hybridized carbons (Fsp3) is 1.00. The maximum atomic E-state index is 5.63. The van der Waals surface area contributed by atoms with Gasteiger partial charge < -0.3 is 9.64 Å². The largest absolute Gasteiger partial charge is 0.377 e. The van der Waals surface area contributed by atoms with E-state index in [2.05, 4.69) is 39.6 Å². The van der Waals surface area contributed by atoms with Crippen molar-refractivity contribution < 1.29 is 4.74 Å². The first kappa shape index (κ1) is 11.9. The Bertz CT molecular complexity index is 104. The van der Waals surface area contributed by atoms with Gasteiger partial charge in [-0.1, -0.05) is 20.8 Å². The number of hydrogen-bond donors (Lipinski definition) is 0. The molecule has 0 N–H and O–H groups in total. The molecule has 0 aliphatic heterocycles. The molecule has 2 heteroatoms. The van der Waals surface area contributed by atoms with Crippen molar-refractivity contribution in [1.82, 2.24) is 4.90 Å². The molecular weight excluding hydrogens is 150 g/mol. The second-order valence-electron chi connectivity index (χ2n) is 3.72. The van der Waals surface area contributed by atoms with Gasteiger partial charge in [-0.3, -0.25) is 0 Å². The molecule has 0 radical (unpaired) electrons. The molecule has 12 heavy (non-hydrogen) atoms. The second-order valence-corrected chi connectivity index (χ2v) is 3.72. The Balaban J connectivity index is 3.30. The normalized spacial score (nSPS) is 14.2. The van der Waals surface area contributed by atoms with E-state index in [0.29, 0.717) is 12.0 Å². The number of rotatable bonds is 6. The number of likely N-dealkylation sites (N-methyl/N-ethyl adjacent to an activating group) is 1. The van der Waals surface area contributed by atoms with E-state index in [4.69, 9.17) is 4.74 Å². The summed E-state index contributed by atoms with van der Waals surface area (Å²) in [6.07, 6.45) is 0.384. The van der Waals surface area contributed by atoms with Crippen molar-refractivity contribution >= 4 is 0 Å². The van der Waals surface area contributed by atoms with Crippen LogP contribution in [0.15, 0.2) is 0 Å². The van der Waals surface area contributed by atoms with E-state index in [9.17, 15) is 0 Å². The van der Waals surface area contributed by atoms with Gasteiger partial charge in [0, 0.05) is 6.54 Å². The Labute approximate surface area is 76.9 Å². The number of ether oxygens (including phenoxy) is 1. The molecule has 0 spiro atoms. The monoisotopic (exact) mass is 173 g/mol. The molecule has 0 fully saturated rings. The molecule has 2 nitrogen and oxygen atoms in total. The van der Waals surface area contributed by atoms with E-state index < -0.39 is 0 Å². The summed E-state index contributed by atoms with van der Waals surface area (Å²) in [5.74, 6) is 0.622. The van der Waals surface area contributed by atoms with Crippen LogP contribution in [0.1, 0.15) is 27.7 Å². The highest BCUT2D eigenvalue weighted by Crippen LogP contribution is 2.04. The summed E-state index contributed by atoms with van der Waals surface area (Å²) in [4.78, 5) is 2.26. The molecule has 0 saturated carbocycles. The maximum absolute atomic E-state index is 5.63. The average molecular weight is 173 g/mol. The van der Waals surface area contributed by atoms with Crippen molar-refractivity contribution in [2.75, 3.05) is 26.7 Å². The summed E-state index contributed by atoms with van der Waals surface area (Å²) < 4.78 is 5.63. The number of hydrogen-bond acceptors (Lipinski definition) is 2. The quantitative estimate of drug-likeness (QED) is 0.609. The Morgan fingerprint density at radius 3 is 2.25 bits per heavy atom. The van der Waals surface area contributed by atoms with Gasteiger partial charge in [0.1, 0.15) is 0 Å². The lowest BCUT2D eigenvalue weighted by atomic mass is 10.1. The van der Waals surface area contributed by atoms with Crippen molar-refractivity contribution in [2.45, 2.75) is 33.8 Å². The highest BCUT2D eigenvalue weighted by atomic mass is 16.5. The Morgan fingerprint density at radius 1 is 1.25 bits per heavy atom. The third-order valence-electron chi connectivity index (χ3n) is 2.33. The Hall–Kier alpha value is -0.0800. The minimum atomic E-state index is 0.384. The third kappa shape index (κ3) is 5.56. The molecule has 0 saturated heterocycles. The van der Waals surface area contributed by atoms with Gasteiger partial charge in [0.05, 0.1) is 12.7 Å². The molecule has 0 aliphatic carbocycles. The Kier molecular flexibility index (Phi) is 6.39. The standard InChI is InChI=1S/C10H23NO/c1-6-11(5)7-8-12-10(4)9(2)3/h9-10H,6-8H2,1-5H3. The first-order chi connectivity index (χ1) is 5.57. The van der Waals surface area contributed by atoms with E-state index in [1.165, 1.54) is 0 Å². The van der Waals surface area contributed by atoms with Gasteiger partial charge in [-0.05, 0) is 26.4 Å². The molecule has 1 atom stereocenters. The van der Waals surface area contributed by atoms with Gasteiger partial charge in [0.2, 0.25) is 0 Å². The molecule has 0 heterocycles. The summed E-state index contributed by atoms with van der Waals surface area (Å²) >= 11 is 0. The van der Waals surface area contributed by atoms with Gasteiger partial charge in [-0.2, -0.15) is 0 Å². The lowest BCUT2D eigenvalue weighted by Crippen LogP contribution is -2.26. The minimum Gasteiger partial charge on any atom is -0.377 e. The fourth-order valence-electron chi connectivity index (χ4n) is 0.745. The highest BCUT2D eigenvalue weighted by molar-refractivity contribution is 4.55. The first-order valence-electron chi connectivity index (χ1n) is 4.88. The molecule has 74 valence electrons. The summed E-state index contributed by atoms with van der Waals surface area (Å²) in [6, 6.07) is 0. The minimum absolute atomic E-state index is 0.384. The molecule has 0 amide bonds. The van der Waals surface area contributed by atoms with Crippen LogP contribution in [0.4, 0.5) is 0 Å². The molecule has 0 aromatic rings. The van der Waals surface area contributed by atoms with Crippen LogP contribution in [0.2, 0.25) is 0 Å². The van der Waals surface area contributed by atoms with Crippen LogP contribution < -0.4 is 0 Å². The van der Waals surface area contributed by atoms with Crippen LogP contribution in [0, 0.1) is 5.92 Å². The third-order valence-corrected chi connectivity index (χ3v) is 2.33. The van der Waals surface area contributed by atoms with E-state index in [-0.39, 0.29) is 0 Å². The van der Waals surface area contributed by atoms with E-state index in [0.717, 1.165) is 19.7 Å². The Morgan fingerprint density at radius 2 is 1.83 bits per heavy atom. The van der Waals surface area contributed by atoms with Crippen LogP contribution in [0.3, 0.4) is 0 Å². The van der Waals surface area contributed by atoms with E-state index >= 15 is 0 Å². The number of nitrogens with zero attached hydrogens (tertiary/aromatic N) is 1. The maximum Gasteiger partial charge on any atom is 0.0597 e. The van der Waals surface area contributed by atoms with E-state index in [1.807, 2.05) is 0 Å². The van der Waals surface area contributed by atoms with Crippen molar-refractivity contribution in [3.8, 4) is 0 Å². The lowest BCUT2D eigenvalue weighted by Gasteiger charge is -2.19. The van der Waals surface area contributed by atoms with Crippen LogP contribution in [0.25, 0.3) is 0 Å². The van der Waals surface area contributed by atoms with Gasteiger partial charge in [-0.25, -0.2) is 0 Å². The molecule has 0 rings (SSSR count). The van der Waals surface area contributed by atoms with Gasteiger partial charge in [0.15, 0.2) is 0 Å². The van der Waals surface area contributed by atoms with E-state index in [1.54, 1.807) is 0 Å². The second kappa shape index (κ2) is 6.44. The topological polar surface area (TPSA) is 12.5 Å². The van der Waals surface area contributed by atoms with Crippen molar-refractivity contribution in [3.05, 3.63) is 0 Å². The summed E-state index contributed by atoms with van der Waals surface area (Å²) in [5.41, 5.74) is 0. The lowest BCUT2D eigenvalue weighted by molar-refractivity contribution is 0.0259. The summed E-state index contributed by atoms with van der Waals surface area (Å²) in [5, 5.41) is 0. The predicted molar refractivity (Wildman–Crippen MR) is 53.4 cm³/mol. The SMILES string of the molecule is CCN(C)CCOC(C)C(C)C. The van der Waals surface area contributed by atoms with Crippen LogP contribution in [-0.2, 0) is 4.74 Å². The smallest absolute Gasteiger partial charge is 0.0597 e. The van der Waals surface area contributed by atoms with Crippen molar-refractivity contribution in [3.63, 3.8) is 0 Å². The molecule has 0 aliphatic rings. The predicted octanol–water partition coefficient (Wildman–Crippen LogP) is 2.00. The molecule has 0 bridgehead atoms. The fourth-order valence-corrected chi connectivity index (χ4v) is 0.745. The average Bonchev–Trinajstić information content (AvgIpc) is 2.03. The van der Waals surface area contributed by atoms with Gasteiger partial charge in [0.25, 0.3) is 0 Å². The molecular formula is C10H23NO. The van der Waals surface area contributed by atoms with Crippen LogP contribution >= 0.6 is 0 Å². The molecule has 0 aromatic heterocycles. The zero-order chi connectivity index (χ0) is 9.56. The summed E-state index contributed by atoms with van der Waals surface area (Å²) in [7, 11) is 2.11. The zero-order valence-electron chi connectivity index (χ0n) is 9.13. The van der Waals surface area contributed by atoms with Crippen LogP contribution in [0.5, 0.6) is 0 Å². The first-order valence-corrected chi connectivity index (χ1v) is 4.88. The summed E-state index contributed by atoms with van der Waals surface area (Å²) in [6.45, 7) is 11.7. The van der Waals surface area contributed by atoms with Gasteiger partial charge in [-0.15, -0.1) is 0 Å². The van der Waals surface area contributed by atoms with Crippen LogP contribution in [-0.4, -0.2) is 37.7 Å². The van der Waals surface area contributed by atoms with Crippen molar-refractivity contribution in [1.29, 1.82) is 0 Å². The molecule has 0 aromatic carbocycles. The zero-order valence-corrected chi connectivity index (χ0v) is 9.13. The van der Waals surface area contributed by atoms with Gasteiger partial charge >= 0.3 is 0 Å². The van der Waals surface area contributed by atoms with Crippen molar-refractivity contribution in [2.24, 2.45) is 5.92 Å². The molecule has 1 unspecified atom stereocenters. The highest BCUT2D eigenvalue weighted by Gasteiger charge is 2.06.